The minimum atomic E-state index is 0. The molecule has 0 aliphatic carbocycles. The molecule has 0 saturated heterocycles. The standard InChI is InChI=1S/CHNO.CN.2Fe.K.H/c2-1-3;1-2;;;;/h3H;;;;;. The number of hydrogen-bond donors (Lipinski definition) is 1. The average Bonchev–Trinajstić information content (AvgIpc) is 1.39. The summed E-state index contributed by atoms with van der Waals surface area (Å²) in [7, 11) is 0. The molecule has 6 heteroatoms. The van der Waals surface area contributed by atoms with E-state index in [1.54, 1.807) is 0 Å². The summed E-state index contributed by atoms with van der Waals surface area (Å²) in [6.45, 7) is 0. The Hall–Kier alpha value is 1.46. The van der Waals surface area contributed by atoms with Crippen LogP contribution in [0.4, 0.5) is 0 Å². The van der Waals surface area contributed by atoms with E-state index in [9.17, 15) is 0 Å². The van der Waals surface area contributed by atoms with Crippen LogP contribution in [0.25, 0.3) is 0 Å². The Kier molecular flexibility index (Phi) is 112. The third kappa shape index (κ3) is 147. The Morgan fingerprint density at radius 2 is 1.38 bits per heavy atom. The molecule has 0 amide bonds. The molecule has 0 rings (SSSR count). The van der Waals surface area contributed by atoms with Crippen LogP contribution in [0.5, 0.6) is 0 Å². The van der Waals surface area contributed by atoms with Crippen molar-refractivity contribution in [3.05, 3.63) is 0 Å². The first kappa shape index (κ1) is 22.7. The van der Waals surface area contributed by atoms with Crippen molar-refractivity contribution in [1.29, 1.82) is 10.5 Å². The summed E-state index contributed by atoms with van der Waals surface area (Å²) < 4.78 is 0. The summed E-state index contributed by atoms with van der Waals surface area (Å²) in [5, 5.41) is 21.0. The summed E-state index contributed by atoms with van der Waals surface area (Å²) in [4.78, 5) is 1.50. The Balaban J connectivity index is -0.0000000160. The SMILES string of the molecule is N#CO.N#[C][Fe].[Fe].[KH]. The van der Waals surface area contributed by atoms with Gasteiger partial charge in [0.1, 0.15) is 0 Å². The van der Waals surface area contributed by atoms with Gasteiger partial charge >= 0.3 is 77.6 Å². The Labute approximate surface area is 109 Å². The minimum absolute atomic E-state index is 0. The molecule has 43 valence electrons. The zero-order valence-corrected chi connectivity index (χ0v) is 5.26. The fraction of sp³-hybridized carbons (Fsp3) is 0. The van der Waals surface area contributed by atoms with Gasteiger partial charge in [-0.1, -0.05) is 0 Å². The van der Waals surface area contributed by atoms with Crippen LogP contribution in [0.2, 0.25) is 0 Å². The van der Waals surface area contributed by atoms with Gasteiger partial charge in [-0.25, -0.2) is 0 Å². The molecule has 0 aromatic heterocycles. The molecule has 0 fully saturated rings. The molecular formula is C2H2Fe2KN2O. The van der Waals surface area contributed by atoms with E-state index in [1.807, 2.05) is 0 Å². The van der Waals surface area contributed by atoms with Gasteiger partial charge in [0, 0.05) is 17.1 Å². The van der Waals surface area contributed by atoms with E-state index in [-0.39, 0.29) is 68.5 Å². The van der Waals surface area contributed by atoms with Crippen LogP contribution >= 0.6 is 0 Å². The number of aliphatic hydroxyl groups excluding tert-OH is 1. The third-order valence-electron chi connectivity index (χ3n) is 0. The van der Waals surface area contributed by atoms with Crippen LogP contribution in [-0.2, 0) is 33.1 Å². The molecule has 0 aliphatic rings. The monoisotopic (exact) mass is 221 g/mol. The van der Waals surface area contributed by atoms with Crippen LogP contribution in [0.3, 0.4) is 0 Å². The van der Waals surface area contributed by atoms with E-state index >= 15 is 0 Å². The molecule has 0 radical (unpaired) electrons. The number of nitrogens with zero attached hydrogens (tertiary/aromatic N) is 2. The van der Waals surface area contributed by atoms with Crippen molar-refractivity contribution < 1.29 is 38.2 Å². The van der Waals surface area contributed by atoms with E-state index in [2.05, 4.69) is 16.0 Å². The summed E-state index contributed by atoms with van der Waals surface area (Å²) in [6, 6.07) is 0. The van der Waals surface area contributed by atoms with Gasteiger partial charge in [0.05, 0.1) is 0 Å². The molecule has 0 saturated carbocycles. The first-order valence-corrected chi connectivity index (χ1v) is 1.40. The van der Waals surface area contributed by atoms with Gasteiger partial charge in [-0.05, 0) is 0 Å². The number of aliphatic hydroxyl groups is 1. The van der Waals surface area contributed by atoms with Gasteiger partial charge in [0.2, 0.25) is 0 Å². The quantitative estimate of drug-likeness (QED) is 0.430. The molecule has 0 aliphatic heterocycles. The van der Waals surface area contributed by atoms with Gasteiger partial charge < -0.3 is 5.11 Å². The normalized spacial score (nSPS) is 1.88. The Bertz CT molecular complexity index is 73.0. The molecule has 8 heavy (non-hydrogen) atoms. The second-order valence-corrected chi connectivity index (χ2v) is 0.426. The maximum absolute atomic E-state index is 7.21. The van der Waals surface area contributed by atoms with Crippen LogP contribution in [0.1, 0.15) is 0 Å². The van der Waals surface area contributed by atoms with E-state index in [0.717, 1.165) is 6.26 Å². The third-order valence-corrected chi connectivity index (χ3v) is 0. The fourth-order valence-electron chi connectivity index (χ4n) is 0. The second-order valence-electron chi connectivity index (χ2n) is 0.179. The van der Waals surface area contributed by atoms with Crippen LogP contribution in [-0.4, -0.2) is 56.5 Å². The predicted octanol–water partition coefficient (Wildman–Crippen LogP) is -0.797. The first-order valence-electron chi connectivity index (χ1n) is 0.848. The van der Waals surface area contributed by atoms with Gasteiger partial charge in [0.25, 0.3) is 6.26 Å². The van der Waals surface area contributed by atoms with Crippen molar-refractivity contribution in [1.82, 2.24) is 0 Å². The second kappa shape index (κ2) is 39.4. The summed E-state index contributed by atoms with van der Waals surface area (Å²) in [6.07, 6.45) is 0.750. The Morgan fingerprint density at radius 3 is 1.38 bits per heavy atom. The van der Waals surface area contributed by atoms with E-state index in [0.29, 0.717) is 0 Å². The molecule has 0 aromatic carbocycles. The van der Waals surface area contributed by atoms with E-state index < -0.39 is 0 Å². The van der Waals surface area contributed by atoms with Gasteiger partial charge in [-0.2, -0.15) is 5.26 Å². The van der Waals surface area contributed by atoms with Crippen molar-refractivity contribution in [2.75, 3.05) is 0 Å². The van der Waals surface area contributed by atoms with Crippen LogP contribution in [0.15, 0.2) is 0 Å². The molecule has 0 aromatic rings. The summed E-state index contributed by atoms with van der Waals surface area (Å²) >= 11 is 2.79. The van der Waals surface area contributed by atoms with Gasteiger partial charge in [0.15, 0.2) is 0 Å². The molecule has 0 spiro atoms. The first-order chi connectivity index (χ1) is 2.83. The van der Waals surface area contributed by atoms with Crippen molar-refractivity contribution in [3.63, 3.8) is 0 Å². The molecule has 0 atom stereocenters. The van der Waals surface area contributed by atoms with Crippen molar-refractivity contribution >= 4 is 51.4 Å². The average molecular weight is 221 g/mol. The van der Waals surface area contributed by atoms with Crippen molar-refractivity contribution in [2.45, 2.75) is 0 Å². The number of rotatable bonds is 0. The summed E-state index contributed by atoms with van der Waals surface area (Å²) in [5.41, 5.74) is 0. The predicted molar refractivity (Wildman–Crippen MR) is 20.3 cm³/mol. The van der Waals surface area contributed by atoms with Crippen LogP contribution < -0.4 is 0 Å². The van der Waals surface area contributed by atoms with Crippen molar-refractivity contribution in [3.8, 4) is 11.2 Å². The summed E-state index contributed by atoms with van der Waals surface area (Å²) in [5.74, 6) is 0. The fourth-order valence-corrected chi connectivity index (χ4v) is 0. The molecule has 0 bridgehead atoms. The zero-order valence-electron chi connectivity index (χ0n) is 3.05. The molecule has 0 unspecified atom stereocenters. The van der Waals surface area contributed by atoms with Gasteiger partial charge in [-0.3, -0.25) is 0 Å². The van der Waals surface area contributed by atoms with E-state index in [1.165, 1.54) is 4.97 Å². The van der Waals surface area contributed by atoms with Crippen molar-refractivity contribution in [2.24, 2.45) is 0 Å². The topological polar surface area (TPSA) is 67.8 Å². The molecule has 1 N–H and O–H groups in total. The Morgan fingerprint density at radius 1 is 1.38 bits per heavy atom. The molecular weight excluding hydrogens is 219 g/mol. The number of nitriles is 2. The number of hydrogen-bond acceptors (Lipinski definition) is 3. The van der Waals surface area contributed by atoms with E-state index in [4.69, 9.17) is 15.6 Å². The molecule has 0 heterocycles. The maximum atomic E-state index is 7.21. The zero-order chi connectivity index (χ0) is 5.41. The van der Waals surface area contributed by atoms with Gasteiger partial charge in [-0.15, -0.1) is 0 Å². The molecule has 3 nitrogen and oxygen atoms in total. The van der Waals surface area contributed by atoms with Crippen LogP contribution in [0, 0.1) is 21.7 Å².